The molecule has 1 unspecified atom stereocenters. The Hall–Kier alpha value is -0.860. The van der Waals surface area contributed by atoms with Gasteiger partial charge in [0, 0.05) is 12.6 Å². The van der Waals surface area contributed by atoms with Crippen molar-refractivity contribution in [2.24, 2.45) is 0 Å². The maximum atomic E-state index is 9.79. The molecular formula is C14H21NO. The molecule has 1 saturated carbocycles. The molecule has 0 heterocycles. The van der Waals surface area contributed by atoms with Gasteiger partial charge in [-0.2, -0.15) is 0 Å². The van der Waals surface area contributed by atoms with Crippen molar-refractivity contribution in [3.8, 4) is 0 Å². The number of aliphatic hydroxyl groups is 1. The van der Waals surface area contributed by atoms with Crippen LogP contribution in [0.2, 0.25) is 0 Å². The third-order valence-electron chi connectivity index (χ3n) is 3.07. The molecule has 16 heavy (non-hydrogen) atoms. The molecular weight excluding hydrogens is 198 g/mol. The van der Waals surface area contributed by atoms with Crippen LogP contribution >= 0.6 is 0 Å². The smallest absolute Gasteiger partial charge is 0.0667 e. The fraction of sp³-hybridized carbons (Fsp3) is 0.571. The number of hydrogen-bond donors (Lipinski definition) is 2. The molecule has 0 amide bonds. The van der Waals surface area contributed by atoms with Crippen LogP contribution in [0.5, 0.6) is 0 Å². The molecule has 1 aliphatic carbocycles. The fourth-order valence-electron chi connectivity index (χ4n) is 1.89. The van der Waals surface area contributed by atoms with Crippen LogP contribution in [0.4, 0.5) is 0 Å². The lowest BCUT2D eigenvalue weighted by Crippen LogP contribution is -2.28. The number of hydrogen-bond acceptors (Lipinski definition) is 2. The van der Waals surface area contributed by atoms with Gasteiger partial charge in [0.15, 0.2) is 0 Å². The van der Waals surface area contributed by atoms with Gasteiger partial charge in [-0.15, -0.1) is 0 Å². The molecule has 0 spiro atoms. The molecule has 1 aliphatic rings. The van der Waals surface area contributed by atoms with Gasteiger partial charge in [-0.3, -0.25) is 0 Å². The van der Waals surface area contributed by atoms with E-state index in [-0.39, 0.29) is 6.10 Å². The molecule has 88 valence electrons. The number of benzene rings is 1. The summed E-state index contributed by atoms with van der Waals surface area (Å²) in [6, 6.07) is 9.21. The van der Waals surface area contributed by atoms with E-state index in [1.54, 1.807) is 0 Å². The summed E-state index contributed by atoms with van der Waals surface area (Å²) in [7, 11) is 0. The summed E-state index contributed by atoms with van der Waals surface area (Å²) in [5, 5.41) is 13.1. The van der Waals surface area contributed by atoms with Gasteiger partial charge in [0.1, 0.15) is 0 Å². The van der Waals surface area contributed by atoms with E-state index in [4.69, 9.17) is 0 Å². The van der Waals surface area contributed by atoms with Crippen LogP contribution in [0.25, 0.3) is 0 Å². The lowest BCUT2D eigenvalue weighted by atomic mass is 10.0. The Morgan fingerprint density at radius 2 is 2.25 bits per heavy atom. The van der Waals surface area contributed by atoms with Crippen molar-refractivity contribution in [2.45, 2.75) is 44.8 Å². The van der Waals surface area contributed by atoms with Crippen LogP contribution in [0.1, 0.15) is 30.4 Å². The topological polar surface area (TPSA) is 32.3 Å². The molecule has 0 bridgehead atoms. The van der Waals surface area contributed by atoms with Gasteiger partial charge in [-0.1, -0.05) is 29.8 Å². The summed E-state index contributed by atoms with van der Waals surface area (Å²) in [4.78, 5) is 0. The molecule has 2 heteroatoms. The van der Waals surface area contributed by atoms with Crippen LogP contribution in [0, 0.1) is 6.92 Å². The summed E-state index contributed by atoms with van der Waals surface area (Å²) in [6.07, 6.45) is 4.18. The van der Waals surface area contributed by atoms with Crippen LogP contribution in [-0.4, -0.2) is 23.8 Å². The van der Waals surface area contributed by atoms with Crippen LogP contribution in [-0.2, 0) is 6.42 Å². The van der Waals surface area contributed by atoms with Crippen molar-refractivity contribution >= 4 is 0 Å². The Labute approximate surface area is 97.7 Å². The Morgan fingerprint density at radius 3 is 2.94 bits per heavy atom. The van der Waals surface area contributed by atoms with Gasteiger partial charge < -0.3 is 10.4 Å². The van der Waals surface area contributed by atoms with Crippen molar-refractivity contribution in [1.29, 1.82) is 0 Å². The minimum atomic E-state index is -0.207. The van der Waals surface area contributed by atoms with E-state index in [2.05, 4.69) is 36.5 Å². The second kappa shape index (κ2) is 5.46. The second-order valence-corrected chi connectivity index (χ2v) is 4.86. The summed E-state index contributed by atoms with van der Waals surface area (Å²) in [5.41, 5.74) is 2.62. The predicted molar refractivity (Wildman–Crippen MR) is 66.5 cm³/mol. The largest absolute Gasteiger partial charge is 0.392 e. The molecule has 0 radical (unpaired) electrons. The summed E-state index contributed by atoms with van der Waals surface area (Å²) < 4.78 is 0. The van der Waals surface area contributed by atoms with Crippen molar-refractivity contribution in [1.82, 2.24) is 5.32 Å². The molecule has 2 nitrogen and oxygen atoms in total. The van der Waals surface area contributed by atoms with Gasteiger partial charge in [0.05, 0.1) is 6.10 Å². The van der Waals surface area contributed by atoms with Gasteiger partial charge >= 0.3 is 0 Å². The van der Waals surface area contributed by atoms with Gasteiger partial charge in [-0.05, 0) is 38.2 Å². The molecule has 0 saturated heterocycles. The molecule has 2 rings (SSSR count). The quantitative estimate of drug-likeness (QED) is 0.767. The molecule has 1 atom stereocenters. The molecule has 0 aliphatic heterocycles. The monoisotopic (exact) mass is 219 g/mol. The minimum absolute atomic E-state index is 0.207. The van der Waals surface area contributed by atoms with Crippen molar-refractivity contribution in [3.05, 3.63) is 35.4 Å². The molecule has 2 N–H and O–H groups in total. The van der Waals surface area contributed by atoms with E-state index >= 15 is 0 Å². The predicted octanol–water partition coefficient (Wildman–Crippen LogP) is 2.04. The van der Waals surface area contributed by atoms with E-state index in [1.165, 1.54) is 24.0 Å². The standard InChI is InChI=1S/C14H21NO/c1-11-3-2-4-12(9-11)5-8-14(16)10-15-13-6-7-13/h2-4,9,13-16H,5-8,10H2,1H3. The first kappa shape index (κ1) is 11.6. The first-order valence-electron chi connectivity index (χ1n) is 6.21. The fourth-order valence-corrected chi connectivity index (χ4v) is 1.89. The average Bonchev–Trinajstić information content (AvgIpc) is 3.07. The highest BCUT2D eigenvalue weighted by molar-refractivity contribution is 5.22. The Morgan fingerprint density at radius 1 is 1.44 bits per heavy atom. The van der Waals surface area contributed by atoms with E-state index in [0.717, 1.165) is 19.4 Å². The van der Waals surface area contributed by atoms with Crippen molar-refractivity contribution < 1.29 is 5.11 Å². The minimum Gasteiger partial charge on any atom is -0.392 e. The van der Waals surface area contributed by atoms with Crippen LogP contribution in [0.3, 0.4) is 0 Å². The Balaban J connectivity index is 1.69. The molecule has 1 fully saturated rings. The molecule has 0 aromatic heterocycles. The van der Waals surface area contributed by atoms with Gasteiger partial charge in [0.2, 0.25) is 0 Å². The van der Waals surface area contributed by atoms with Gasteiger partial charge in [0.25, 0.3) is 0 Å². The number of aliphatic hydroxyl groups excluding tert-OH is 1. The van der Waals surface area contributed by atoms with Crippen molar-refractivity contribution in [3.63, 3.8) is 0 Å². The second-order valence-electron chi connectivity index (χ2n) is 4.86. The van der Waals surface area contributed by atoms with E-state index < -0.39 is 0 Å². The molecule has 1 aromatic rings. The van der Waals surface area contributed by atoms with Crippen molar-refractivity contribution in [2.75, 3.05) is 6.54 Å². The zero-order valence-corrected chi connectivity index (χ0v) is 9.95. The lowest BCUT2D eigenvalue weighted by Gasteiger charge is -2.11. The summed E-state index contributed by atoms with van der Waals surface area (Å²) >= 11 is 0. The maximum absolute atomic E-state index is 9.79. The van der Waals surface area contributed by atoms with E-state index in [0.29, 0.717) is 6.04 Å². The number of nitrogens with one attached hydrogen (secondary N) is 1. The Kier molecular flexibility index (Phi) is 3.97. The van der Waals surface area contributed by atoms with Gasteiger partial charge in [-0.25, -0.2) is 0 Å². The normalized spacial score (nSPS) is 17.4. The Bertz CT molecular complexity index is 333. The average molecular weight is 219 g/mol. The lowest BCUT2D eigenvalue weighted by molar-refractivity contribution is 0.161. The van der Waals surface area contributed by atoms with E-state index in [1.807, 2.05) is 0 Å². The molecule has 1 aromatic carbocycles. The summed E-state index contributed by atoms with van der Waals surface area (Å²) in [5.74, 6) is 0. The highest BCUT2D eigenvalue weighted by Gasteiger charge is 2.21. The third-order valence-corrected chi connectivity index (χ3v) is 3.07. The SMILES string of the molecule is Cc1cccc(CCC(O)CNC2CC2)c1. The number of aryl methyl sites for hydroxylation is 2. The van der Waals surface area contributed by atoms with Crippen LogP contribution in [0.15, 0.2) is 24.3 Å². The maximum Gasteiger partial charge on any atom is 0.0667 e. The first-order chi connectivity index (χ1) is 7.74. The highest BCUT2D eigenvalue weighted by atomic mass is 16.3. The van der Waals surface area contributed by atoms with E-state index in [9.17, 15) is 5.11 Å². The zero-order chi connectivity index (χ0) is 11.4. The zero-order valence-electron chi connectivity index (χ0n) is 9.95. The summed E-state index contributed by atoms with van der Waals surface area (Å²) in [6.45, 7) is 2.85. The number of rotatable bonds is 6. The highest BCUT2D eigenvalue weighted by Crippen LogP contribution is 2.18. The first-order valence-corrected chi connectivity index (χ1v) is 6.21. The third kappa shape index (κ3) is 3.95. The van der Waals surface area contributed by atoms with Crippen LogP contribution < -0.4 is 5.32 Å².